The van der Waals surface area contributed by atoms with Gasteiger partial charge in [0.1, 0.15) is 0 Å². The molecule has 0 heterocycles. The van der Waals surface area contributed by atoms with E-state index in [0.717, 1.165) is 11.8 Å². The molecule has 1 saturated carbocycles. The van der Waals surface area contributed by atoms with E-state index in [2.05, 4.69) is 40.5 Å². The summed E-state index contributed by atoms with van der Waals surface area (Å²) in [7, 11) is 0. The Balaban J connectivity index is 2.95. The Morgan fingerprint density at radius 1 is 1.29 bits per heavy atom. The molecule has 0 aliphatic heterocycles. The summed E-state index contributed by atoms with van der Waals surface area (Å²) in [6.45, 7) is 11.7. The average molecular weight is 192 g/mol. The van der Waals surface area contributed by atoms with Crippen molar-refractivity contribution in [3.8, 4) is 12.3 Å². The number of rotatable bonds is 1. The molecular weight excluding hydrogens is 168 g/mol. The second-order valence-corrected chi connectivity index (χ2v) is 5.55. The molecule has 1 rings (SSSR count). The summed E-state index contributed by atoms with van der Waals surface area (Å²) in [6.07, 6.45) is 8.21. The second kappa shape index (κ2) is 3.97. The van der Waals surface area contributed by atoms with E-state index in [-0.39, 0.29) is 0 Å². The molecule has 1 aliphatic carbocycles. The van der Waals surface area contributed by atoms with Gasteiger partial charge < -0.3 is 0 Å². The Morgan fingerprint density at radius 2 is 1.86 bits per heavy atom. The predicted octanol–water partition coefficient (Wildman–Crippen LogP) is 3.96. The van der Waals surface area contributed by atoms with E-state index < -0.39 is 0 Å². The Hall–Kier alpha value is -0.440. The van der Waals surface area contributed by atoms with Crippen LogP contribution in [0.25, 0.3) is 0 Å². The number of terminal acetylenes is 1. The summed E-state index contributed by atoms with van der Waals surface area (Å²) in [6, 6.07) is 0. The molecule has 0 N–H and O–H groups in total. The van der Waals surface area contributed by atoms with Crippen molar-refractivity contribution in [2.24, 2.45) is 29.1 Å². The van der Waals surface area contributed by atoms with Crippen LogP contribution in [0.3, 0.4) is 0 Å². The first-order valence-electron chi connectivity index (χ1n) is 5.92. The standard InChI is InChI=1S/C14H24/c1-7-13-12(5)11(4)10(3)9-14(13,6)8-2/h1,10-13H,8-9H2,2-6H3. The SMILES string of the molecule is C#CC1C(C)C(C)C(C)CC1(C)CC. The lowest BCUT2D eigenvalue weighted by atomic mass is 9.56. The van der Waals surface area contributed by atoms with Gasteiger partial charge in [0.15, 0.2) is 0 Å². The molecule has 0 aromatic rings. The van der Waals surface area contributed by atoms with Gasteiger partial charge in [0.25, 0.3) is 0 Å². The Labute approximate surface area is 89.5 Å². The molecule has 5 atom stereocenters. The Bertz CT molecular complexity index is 235. The minimum atomic E-state index is 0.375. The second-order valence-electron chi connectivity index (χ2n) is 5.55. The Kier molecular flexibility index (Phi) is 3.30. The summed E-state index contributed by atoms with van der Waals surface area (Å²) >= 11 is 0. The van der Waals surface area contributed by atoms with E-state index in [1.165, 1.54) is 12.8 Å². The molecule has 1 aliphatic rings. The number of hydrogen-bond acceptors (Lipinski definition) is 0. The maximum absolute atomic E-state index is 5.70. The smallest absolute Gasteiger partial charge is 0.0282 e. The molecule has 0 aromatic carbocycles. The van der Waals surface area contributed by atoms with E-state index in [0.29, 0.717) is 17.3 Å². The van der Waals surface area contributed by atoms with Crippen LogP contribution in [0.15, 0.2) is 0 Å². The van der Waals surface area contributed by atoms with Gasteiger partial charge in [0, 0.05) is 5.92 Å². The fraction of sp³-hybridized carbons (Fsp3) is 0.857. The minimum Gasteiger partial charge on any atom is -0.120 e. The molecule has 14 heavy (non-hydrogen) atoms. The normalized spacial score (nSPS) is 48.6. The molecule has 0 amide bonds. The van der Waals surface area contributed by atoms with Crippen molar-refractivity contribution < 1.29 is 0 Å². The third-order valence-electron chi connectivity index (χ3n) is 4.78. The molecule has 80 valence electrons. The first-order chi connectivity index (χ1) is 6.46. The van der Waals surface area contributed by atoms with Gasteiger partial charge in [-0.3, -0.25) is 0 Å². The highest BCUT2D eigenvalue weighted by Crippen LogP contribution is 2.50. The first kappa shape index (κ1) is 11.6. The molecule has 0 saturated heterocycles. The third-order valence-corrected chi connectivity index (χ3v) is 4.78. The summed E-state index contributed by atoms with van der Waals surface area (Å²) in [5.74, 6) is 5.78. The van der Waals surface area contributed by atoms with Crippen molar-refractivity contribution in [2.45, 2.75) is 47.5 Å². The number of hydrogen-bond donors (Lipinski definition) is 0. The quantitative estimate of drug-likeness (QED) is 0.552. The van der Waals surface area contributed by atoms with Gasteiger partial charge in [-0.15, -0.1) is 12.3 Å². The van der Waals surface area contributed by atoms with Crippen molar-refractivity contribution in [2.75, 3.05) is 0 Å². The highest BCUT2D eigenvalue weighted by atomic mass is 14.5. The van der Waals surface area contributed by atoms with E-state index in [1.54, 1.807) is 0 Å². The summed E-state index contributed by atoms with van der Waals surface area (Å²) < 4.78 is 0. The van der Waals surface area contributed by atoms with Crippen LogP contribution in [0.2, 0.25) is 0 Å². The Morgan fingerprint density at radius 3 is 2.29 bits per heavy atom. The van der Waals surface area contributed by atoms with Crippen LogP contribution >= 0.6 is 0 Å². The fourth-order valence-electron chi connectivity index (χ4n) is 3.22. The van der Waals surface area contributed by atoms with Crippen molar-refractivity contribution >= 4 is 0 Å². The fourth-order valence-corrected chi connectivity index (χ4v) is 3.22. The monoisotopic (exact) mass is 192 g/mol. The molecular formula is C14H24. The molecule has 0 radical (unpaired) electrons. The van der Waals surface area contributed by atoms with Crippen molar-refractivity contribution in [3.63, 3.8) is 0 Å². The molecule has 0 spiro atoms. The lowest BCUT2D eigenvalue weighted by molar-refractivity contribution is 0.0235. The van der Waals surface area contributed by atoms with Crippen LogP contribution in [0.5, 0.6) is 0 Å². The van der Waals surface area contributed by atoms with Crippen LogP contribution in [-0.4, -0.2) is 0 Å². The van der Waals surface area contributed by atoms with E-state index in [1.807, 2.05) is 0 Å². The first-order valence-corrected chi connectivity index (χ1v) is 5.92. The maximum atomic E-state index is 5.70. The zero-order valence-corrected chi connectivity index (χ0v) is 10.3. The molecule has 0 nitrogen and oxygen atoms in total. The van der Waals surface area contributed by atoms with Crippen molar-refractivity contribution in [3.05, 3.63) is 0 Å². The van der Waals surface area contributed by atoms with Gasteiger partial charge in [0.05, 0.1) is 0 Å². The van der Waals surface area contributed by atoms with Gasteiger partial charge in [-0.05, 0) is 36.0 Å². The molecule has 0 bridgehead atoms. The van der Waals surface area contributed by atoms with E-state index >= 15 is 0 Å². The van der Waals surface area contributed by atoms with Crippen LogP contribution in [-0.2, 0) is 0 Å². The average Bonchev–Trinajstić information content (AvgIpc) is 2.15. The van der Waals surface area contributed by atoms with E-state index in [9.17, 15) is 0 Å². The summed E-state index contributed by atoms with van der Waals surface area (Å²) in [5.41, 5.74) is 0.375. The van der Waals surface area contributed by atoms with Gasteiger partial charge >= 0.3 is 0 Å². The van der Waals surface area contributed by atoms with Crippen LogP contribution in [0.1, 0.15) is 47.5 Å². The van der Waals surface area contributed by atoms with Crippen LogP contribution in [0.4, 0.5) is 0 Å². The molecule has 0 aromatic heterocycles. The van der Waals surface area contributed by atoms with Crippen molar-refractivity contribution in [1.82, 2.24) is 0 Å². The van der Waals surface area contributed by atoms with Crippen molar-refractivity contribution in [1.29, 1.82) is 0 Å². The topological polar surface area (TPSA) is 0 Å². The minimum absolute atomic E-state index is 0.375. The molecule has 5 unspecified atom stereocenters. The summed E-state index contributed by atoms with van der Waals surface area (Å²) in [4.78, 5) is 0. The third kappa shape index (κ3) is 1.70. The van der Waals surface area contributed by atoms with Gasteiger partial charge in [-0.25, -0.2) is 0 Å². The van der Waals surface area contributed by atoms with Crippen LogP contribution < -0.4 is 0 Å². The predicted molar refractivity (Wildman–Crippen MR) is 62.8 cm³/mol. The van der Waals surface area contributed by atoms with Crippen LogP contribution in [0, 0.1) is 41.4 Å². The molecule has 1 fully saturated rings. The lowest BCUT2D eigenvalue weighted by Crippen LogP contribution is -2.42. The zero-order chi connectivity index (χ0) is 10.9. The van der Waals surface area contributed by atoms with E-state index in [4.69, 9.17) is 6.42 Å². The highest BCUT2D eigenvalue weighted by molar-refractivity contribution is 5.07. The highest BCUT2D eigenvalue weighted by Gasteiger charge is 2.44. The largest absolute Gasteiger partial charge is 0.120 e. The summed E-state index contributed by atoms with van der Waals surface area (Å²) in [5, 5.41) is 0. The van der Waals surface area contributed by atoms with Gasteiger partial charge in [-0.1, -0.05) is 34.6 Å². The molecule has 0 heteroatoms. The maximum Gasteiger partial charge on any atom is 0.0282 e. The van der Waals surface area contributed by atoms with Gasteiger partial charge in [-0.2, -0.15) is 0 Å². The zero-order valence-electron chi connectivity index (χ0n) is 10.3. The van der Waals surface area contributed by atoms with Gasteiger partial charge in [0.2, 0.25) is 0 Å². The lowest BCUT2D eigenvalue weighted by Gasteiger charge is -2.48.